The molecule has 0 saturated carbocycles. The summed E-state index contributed by atoms with van der Waals surface area (Å²) in [7, 11) is 12.3. The molecule has 0 aromatic rings. The van der Waals surface area contributed by atoms with Crippen LogP contribution in [0.15, 0.2) is 12.2 Å². The lowest BCUT2D eigenvalue weighted by molar-refractivity contribution is -0.156. The first-order chi connectivity index (χ1) is 44.8. The number of likely N-dealkylation sites (N-methyl/N-ethyl adjacent to an activating group) is 7. The Hall–Kier alpha value is -5.82. The lowest BCUT2D eigenvalue weighted by atomic mass is 9.93. The van der Waals surface area contributed by atoms with Crippen LogP contribution in [0.2, 0.25) is 0 Å². The molecule has 0 bridgehead atoms. The number of nitrogens with one attached hydrogen (secondary N) is 4. The monoisotopic (exact) mass is 1390 g/mol. The quantitative estimate of drug-likeness (QED) is 0.0558. The van der Waals surface area contributed by atoms with Crippen LogP contribution in [0.4, 0.5) is 0 Å². The average Bonchev–Trinajstić information content (AvgIpc) is 0.811. The molecular formula is C72H132N12O12S. The maximum Gasteiger partial charge on any atom is 0.246 e. The number of carbonyl (C=O) groups excluding carboxylic acids is 11. The molecule has 1 saturated heterocycles. The lowest BCUT2D eigenvalue weighted by Gasteiger charge is -2.41. The van der Waals surface area contributed by atoms with Crippen molar-refractivity contribution in [1.82, 2.24) is 60.5 Å². The first kappa shape index (κ1) is 89.2. The number of carbonyl (C=O) groups is 11. The second kappa shape index (κ2) is 41.7. The fourth-order valence-electron chi connectivity index (χ4n) is 12.4. The Kier molecular flexibility index (Phi) is 38.3. The molecule has 1 rings (SSSR count). The number of amides is 11. The van der Waals surface area contributed by atoms with Crippen molar-refractivity contribution in [3.63, 3.8) is 0 Å². The van der Waals surface area contributed by atoms with Gasteiger partial charge in [0.1, 0.15) is 66.5 Å². The molecule has 0 aliphatic carbocycles. The van der Waals surface area contributed by atoms with E-state index in [0.29, 0.717) is 18.1 Å². The molecule has 0 aromatic carbocycles. The van der Waals surface area contributed by atoms with Crippen molar-refractivity contribution in [2.24, 2.45) is 41.4 Å². The molecule has 558 valence electrons. The highest BCUT2D eigenvalue weighted by atomic mass is 32.2. The molecule has 24 nitrogen and oxygen atoms in total. The predicted octanol–water partition coefficient (Wildman–Crippen LogP) is 5.88. The first-order valence-corrected chi connectivity index (χ1v) is 36.6. The topological polar surface area (TPSA) is 282 Å². The van der Waals surface area contributed by atoms with Crippen LogP contribution < -0.4 is 21.3 Å². The van der Waals surface area contributed by atoms with Gasteiger partial charge in [-0.25, -0.2) is 0 Å². The van der Waals surface area contributed by atoms with Crippen molar-refractivity contribution in [3.05, 3.63) is 12.2 Å². The second-order valence-corrected chi connectivity index (χ2v) is 31.7. The summed E-state index contributed by atoms with van der Waals surface area (Å²) in [6.07, 6.45) is 6.44. The largest absolute Gasteiger partial charge is 0.390 e. The Morgan fingerprint density at radius 1 is 0.495 bits per heavy atom. The number of hydrogen-bond acceptors (Lipinski definition) is 14. The van der Waals surface area contributed by atoms with Gasteiger partial charge in [-0.1, -0.05) is 109 Å². The Morgan fingerprint density at radius 3 is 1.41 bits per heavy atom. The van der Waals surface area contributed by atoms with Gasteiger partial charge in [-0.15, -0.1) is 0 Å². The zero-order chi connectivity index (χ0) is 75.0. The molecule has 1 fully saturated rings. The van der Waals surface area contributed by atoms with Gasteiger partial charge in [0.2, 0.25) is 65.0 Å². The van der Waals surface area contributed by atoms with Gasteiger partial charge >= 0.3 is 0 Å². The summed E-state index contributed by atoms with van der Waals surface area (Å²) >= 11 is 1.46. The summed E-state index contributed by atoms with van der Waals surface area (Å²) in [5.74, 6) is -7.67. The molecule has 0 unspecified atom stereocenters. The van der Waals surface area contributed by atoms with Crippen LogP contribution in [0.5, 0.6) is 0 Å². The van der Waals surface area contributed by atoms with E-state index in [-0.39, 0.29) is 67.9 Å². The third-order valence-corrected chi connectivity index (χ3v) is 19.4. The zero-order valence-corrected chi connectivity index (χ0v) is 65.5. The van der Waals surface area contributed by atoms with Crippen molar-refractivity contribution in [2.45, 2.75) is 261 Å². The minimum atomic E-state index is -1.56. The van der Waals surface area contributed by atoms with E-state index in [2.05, 4.69) is 47.1 Å². The highest BCUT2D eigenvalue weighted by Crippen LogP contribution is 2.27. The van der Waals surface area contributed by atoms with Gasteiger partial charge in [-0.05, 0) is 147 Å². The molecule has 12 atom stereocenters. The highest BCUT2D eigenvalue weighted by molar-refractivity contribution is 7.99. The molecule has 1 aliphatic rings. The lowest BCUT2D eigenvalue weighted by Crippen LogP contribution is -2.62. The number of rotatable bonds is 24. The van der Waals surface area contributed by atoms with Crippen LogP contribution in [-0.2, 0) is 52.7 Å². The molecule has 1 aliphatic heterocycles. The van der Waals surface area contributed by atoms with Crippen LogP contribution in [0.3, 0.4) is 0 Å². The number of nitrogens with zero attached hydrogens (tertiary/aromatic N) is 8. The first-order valence-electron chi connectivity index (χ1n) is 35.5. The number of hydrogen-bond donors (Lipinski definition) is 5. The van der Waals surface area contributed by atoms with Crippen LogP contribution in [-0.4, -0.2) is 262 Å². The van der Waals surface area contributed by atoms with Crippen molar-refractivity contribution in [3.8, 4) is 0 Å². The van der Waals surface area contributed by atoms with Gasteiger partial charge in [0.25, 0.3) is 0 Å². The summed E-state index contributed by atoms with van der Waals surface area (Å²) in [4.78, 5) is 176. The number of allylic oxidation sites excluding steroid dienone is 2. The number of thioether (sulfide) groups is 1. The summed E-state index contributed by atoms with van der Waals surface area (Å²) in [6, 6.07) is -13.4. The number of aliphatic hydroxyl groups is 1. The van der Waals surface area contributed by atoms with Gasteiger partial charge < -0.3 is 65.6 Å². The minimum absolute atomic E-state index is 0.0636. The molecule has 0 radical (unpaired) electrons. The maximum absolute atomic E-state index is 15.5. The second-order valence-electron chi connectivity index (χ2n) is 30.6. The van der Waals surface area contributed by atoms with Gasteiger partial charge in [-0.2, -0.15) is 11.8 Å². The maximum atomic E-state index is 15.5. The van der Waals surface area contributed by atoms with E-state index in [4.69, 9.17) is 0 Å². The Labute approximate surface area is 588 Å². The smallest absolute Gasteiger partial charge is 0.246 e. The van der Waals surface area contributed by atoms with E-state index in [0.717, 1.165) is 25.9 Å². The number of unbranched alkanes of at least 4 members (excludes halogenated alkanes) is 1. The van der Waals surface area contributed by atoms with Crippen molar-refractivity contribution < 1.29 is 57.8 Å². The standard InChI is InChI=1S/C72H132N12O12S/c1-28-30-33-49(15)39-54-63(87)75-52(29-2)66(90)83(26)58(42-97-35-32-31-34-77(20)41-46(9)10)69(93)82(25)57(40-72(18,19)96)64(88)76-59(47(11)12)70(94)78(21)53(36-43(3)4)62(86)73-50(16)61(85)74-51(17)65(89)80(23)55(37-44(5)6)67(91)81(24)56(38-45(7)8)68(92)84(27)60(48(13)14)71(95)79(54)22/h28,30,43-60,96H,29,31-42H2,1-27H3,(H,73,86)(H,74,85)(H,75,87)(H,76,88)/b30-28+/t49-,50+,51-,52+,53+,54+,55+,56+,57+,58-,59+,60+/m1/s1. The molecule has 11 amide bonds. The van der Waals surface area contributed by atoms with Crippen LogP contribution in [0.25, 0.3) is 0 Å². The summed E-state index contributed by atoms with van der Waals surface area (Å²) < 4.78 is 0. The molecule has 0 aromatic heterocycles. The van der Waals surface area contributed by atoms with Crippen molar-refractivity contribution in [2.75, 3.05) is 81.0 Å². The van der Waals surface area contributed by atoms with Crippen LogP contribution in [0.1, 0.15) is 189 Å². The van der Waals surface area contributed by atoms with Crippen LogP contribution >= 0.6 is 11.8 Å². The summed E-state index contributed by atoms with van der Waals surface area (Å²) in [5, 5.41) is 22.7. The SMILES string of the molecule is C/C=C/C[C@@H](C)C[C@H]1C(=O)N[C@@H](CC)C(=O)N(C)[C@H](CSCCCCN(C)CC(C)C)C(=O)N(C)[C@@H](CC(C)(C)O)C(=O)N[C@@H](C(C)C)C(=O)N(C)[C@@H](CC(C)C)C(=O)N[C@@H](C)C(=O)N[C@H](C)C(=O)N(C)[C@@H](CC(C)C)C(=O)N(C)[C@@H](CC(C)C)C(=O)N(C)[C@@H](C(C)C)C(=O)N1C. The third-order valence-electron chi connectivity index (χ3n) is 18.2. The van der Waals surface area contributed by atoms with Crippen molar-refractivity contribution >= 4 is 76.7 Å². The van der Waals surface area contributed by atoms with Gasteiger partial charge in [0, 0.05) is 68.1 Å². The Balaban J connectivity index is 4.52. The Bertz CT molecular complexity index is 2610. The van der Waals surface area contributed by atoms with E-state index in [1.54, 1.807) is 34.6 Å². The van der Waals surface area contributed by atoms with E-state index < -0.39 is 149 Å². The van der Waals surface area contributed by atoms with E-state index in [9.17, 15) is 24.3 Å². The van der Waals surface area contributed by atoms with Gasteiger partial charge in [0.05, 0.1) is 5.60 Å². The molecular weight excluding hydrogens is 1260 g/mol. The van der Waals surface area contributed by atoms with Gasteiger partial charge in [0.15, 0.2) is 0 Å². The highest BCUT2D eigenvalue weighted by Gasteiger charge is 2.45. The predicted molar refractivity (Wildman–Crippen MR) is 386 cm³/mol. The fraction of sp³-hybridized carbons (Fsp3) is 0.819. The summed E-state index contributed by atoms with van der Waals surface area (Å²) in [5.41, 5.74) is -1.56. The fourth-order valence-corrected chi connectivity index (χ4v) is 13.6. The van der Waals surface area contributed by atoms with Crippen molar-refractivity contribution in [1.29, 1.82) is 0 Å². The normalized spacial score (nSPS) is 25.7. The zero-order valence-electron chi connectivity index (χ0n) is 64.7. The van der Waals surface area contributed by atoms with E-state index in [1.165, 1.54) is 123 Å². The Morgan fingerprint density at radius 2 is 0.928 bits per heavy atom. The summed E-state index contributed by atoms with van der Waals surface area (Å²) in [6.45, 7) is 35.8. The van der Waals surface area contributed by atoms with E-state index in [1.807, 2.05) is 67.5 Å². The molecule has 5 N–H and O–H groups in total. The minimum Gasteiger partial charge on any atom is -0.390 e. The average molecular weight is 1390 g/mol. The molecule has 97 heavy (non-hydrogen) atoms. The third kappa shape index (κ3) is 28.0. The van der Waals surface area contributed by atoms with Crippen LogP contribution in [0, 0.1) is 41.4 Å². The molecule has 0 spiro atoms. The molecule has 25 heteroatoms. The molecule has 1 heterocycles. The van der Waals surface area contributed by atoms with E-state index >= 15 is 33.6 Å². The van der Waals surface area contributed by atoms with Gasteiger partial charge in [-0.3, -0.25) is 52.7 Å².